The van der Waals surface area contributed by atoms with Gasteiger partial charge in [-0.15, -0.1) is 11.3 Å². The lowest BCUT2D eigenvalue weighted by Crippen LogP contribution is -2.31. The molecule has 2 aromatic rings. The predicted octanol–water partition coefficient (Wildman–Crippen LogP) is 3.06. The Morgan fingerprint density at radius 2 is 2.16 bits per heavy atom. The average molecular weight is 270 g/mol. The Morgan fingerprint density at radius 1 is 1.21 bits per heavy atom. The van der Waals surface area contributed by atoms with Crippen molar-refractivity contribution >= 4 is 11.3 Å². The van der Waals surface area contributed by atoms with Gasteiger partial charge in [0, 0.05) is 17.3 Å². The van der Waals surface area contributed by atoms with Gasteiger partial charge in [-0.1, -0.05) is 24.3 Å². The lowest BCUT2D eigenvalue weighted by atomic mass is 9.93. The van der Waals surface area contributed by atoms with E-state index in [0.717, 1.165) is 19.4 Å². The molecule has 1 atom stereocenters. The van der Waals surface area contributed by atoms with Crippen LogP contribution in [0.25, 0.3) is 0 Å². The van der Waals surface area contributed by atoms with E-state index in [0.29, 0.717) is 6.04 Å². The van der Waals surface area contributed by atoms with Gasteiger partial charge in [-0.25, -0.2) is 4.98 Å². The van der Waals surface area contributed by atoms with Crippen molar-refractivity contribution in [3.05, 3.63) is 51.0 Å². The van der Waals surface area contributed by atoms with Crippen LogP contribution in [-0.2, 0) is 25.7 Å². The first kappa shape index (κ1) is 11.6. The molecule has 1 aliphatic heterocycles. The number of aromatic nitrogens is 1. The molecule has 4 rings (SSSR count). The highest BCUT2D eigenvalue weighted by Crippen LogP contribution is 2.31. The third-order valence-electron chi connectivity index (χ3n) is 4.23. The van der Waals surface area contributed by atoms with Gasteiger partial charge in [0.15, 0.2) is 0 Å². The van der Waals surface area contributed by atoms with Crippen LogP contribution in [0.1, 0.15) is 39.2 Å². The van der Waals surface area contributed by atoms with Crippen molar-refractivity contribution in [1.82, 2.24) is 10.3 Å². The Labute approximate surface area is 117 Å². The zero-order valence-corrected chi connectivity index (χ0v) is 11.8. The minimum atomic E-state index is 0.455. The van der Waals surface area contributed by atoms with Crippen LogP contribution >= 0.6 is 11.3 Å². The van der Waals surface area contributed by atoms with Gasteiger partial charge >= 0.3 is 0 Å². The van der Waals surface area contributed by atoms with Crippen LogP contribution in [0.4, 0.5) is 0 Å². The second-order valence-electron chi connectivity index (χ2n) is 5.49. The highest BCUT2D eigenvalue weighted by atomic mass is 32.1. The molecule has 2 heterocycles. The Kier molecular flexibility index (Phi) is 2.89. The van der Waals surface area contributed by atoms with Crippen LogP contribution < -0.4 is 5.32 Å². The molecule has 3 heteroatoms. The summed E-state index contributed by atoms with van der Waals surface area (Å²) < 4.78 is 0. The number of nitrogens with one attached hydrogen (secondary N) is 1. The van der Waals surface area contributed by atoms with Crippen LogP contribution in [0.2, 0.25) is 0 Å². The molecule has 0 saturated carbocycles. The summed E-state index contributed by atoms with van der Waals surface area (Å²) in [5.41, 5.74) is 4.36. The molecule has 0 saturated heterocycles. The van der Waals surface area contributed by atoms with Gasteiger partial charge in [-0.3, -0.25) is 0 Å². The Morgan fingerprint density at radius 3 is 3.11 bits per heavy atom. The van der Waals surface area contributed by atoms with Crippen molar-refractivity contribution in [3.63, 3.8) is 0 Å². The Bertz CT molecular complexity index is 581. The lowest BCUT2D eigenvalue weighted by Gasteiger charge is -2.26. The van der Waals surface area contributed by atoms with Gasteiger partial charge in [0.25, 0.3) is 0 Å². The van der Waals surface area contributed by atoms with Crippen LogP contribution in [0.5, 0.6) is 0 Å². The fourth-order valence-corrected chi connectivity index (χ4v) is 4.48. The largest absolute Gasteiger partial charge is 0.309 e. The van der Waals surface area contributed by atoms with E-state index < -0.39 is 0 Å². The summed E-state index contributed by atoms with van der Waals surface area (Å²) in [5.74, 6) is 0. The fraction of sp³-hybridized carbons (Fsp3) is 0.438. The van der Waals surface area contributed by atoms with E-state index in [1.165, 1.54) is 41.1 Å². The molecule has 0 amide bonds. The second-order valence-corrected chi connectivity index (χ2v) is 6.66. The van der Waals surface area contributed by atoms with Gasteiger partial charge in [-0.05, 0) is 43.4 Å². The molecule has 19 heavy (non-hydrogen) atoms. The number of hydrogen-bond donors (Lipinski definition) is 1. The van der Waals surface area contributed by atoms with Crippen molar-refractivity contribution in [3.8, 4) is 0 Å². The third kappa shape index (κ3) is 2.11. The maximum Gasteiger partial charge on any atom is 0.0950 e. The summed E-state index contributed by atoms with van der Waals surface area (Å²) in [7, 11) is 0. The summed E-state index contributed by atoms with van der Waals surface area (Å²) in [6, 6.07) is 9.30. The molecule has 0 bridgehead atoms. The number of hydrogen-bond acceptors (Lipinski definition) is 3. The zero-order valence-electron chi connectivity index (χ0n) is 11.0. The highest BCUT2D eigenvalue weighted by molar-refractivity contribution is 7.11. The first-order valence-corrected chi connectivity index (χ1v) is 8.00. The number of nitrogens with zero attached hydrogens (tertiary/aromatic N) is 1. The number of aryl methyl sites for hydroxylation is 2. The molecule has 0 spiro atoms. The van der Waals surface area contributed by atoms with Gasteiger partial charge < -0.3 is 5.32 Å². The van der Waals surface area contributed by atoms with Crippen LogP contribution in [0.3, 0.4) is 0 Å². The second kappa shape index (κ2) is 4.73. The molecular weight excluding hydrogens is 252 g/mol. The van der Waals surface area contributed by atoms with E-state index >= 15 is 0 Å². The van der Waals surface area contributed by atoms with E-state index in [4.69, 9.17) is 4.98 Å². The molecule has 98 valence electrons. The standard InChI is InChI=1S/C16H18N2S/c1-2-5-12-11(4-1)8-9-17-14(12)10-16-18-13-6-3-7-15(13)19-16/h1-2,4-5,14,17H,3,6-10H2. The highest BCUT2D eigenvalue weighted by Gasteiger charge is 2.23. The maximum absolute atomic E-state index is 4.84. The molecule has 1 aromatic carbocycles. The lowest BCUT2D eigenvalue weighted by molar-refractivity contribution is 0.501. The zero-order chi connectivity index (χ0) is 12.7. The summed E-state index contributed by atoms with van der Waals surface area (Å²) in [6.07, 6.45) is 5.96. The quantitative estimate of drug-likeness (QED) is 0.907. The topological polar surface area (TPSA) is 24.9 Å². The summed E-state index contributed by atoms with van der Waals surface area (Å²) >= 11 is 1.94. The number of fused-ring (bicyclic) bond motifs is 2. The average Bonchev–Trinajstić information content (AvgIpc) is 3.00. The molecule has 2 nitrogen and oxygen atoms in total. The van der Waals surface area contributed by atoms with Gasteiger partial charge in [0.1, 0.15) is 0 Å². The Balaban J connectivity index is 1.60. The van der Waals surface area contributed by atoms with Crippen molar-refractivity contribution in [1.29, 1.82) is 0 Å². The monoisotopic (exact) mass is 270 g/mol. The molecule has 1 aliphatic carbocycles. The predicted molar refractivity (Wildman–Crippen MR) is 78.7 cm³/mol. The third-order valence-corrected chi connectivity index (χ3v) is 5.41. The maximum atomic E-state index is 4.84. The minimum Gasteiger partial charge on any atom is -0.309 e. The van der Waals surface area contributed by atoms with E-state index in [1.807, 2.05) is 11.3 Å². The van der Waals surface area contributed by atoms with Gasteiger partial charge in [0.05, 0.1) is 10.7 Å². The van der Waals surface area contributed by atoms with Crippen LogP contribution in [-0.4, -0.2) is 11.5 Å². The molecule has 1 unspecified atom stereocenters. The Hall–Kier alpha value is -1.19. The summed E-state index contributed by atoms with van der Waals surface area (Å²) in [4.78, 5) is 6.38. The van der Waals surface area contributed by atoms with Crippen LogP contribution in [0, 0.1) is 0 Å². The van der Waals surface area contributed by atoms with Gasteiger partial charge in [-0.2, -0.15) is 0 Å². The van der Waals surface area contributed by atoms with Crippen LogP contribution in [0.15, 0.2) is 24.3 Å². The van der Waals surface area contributed by atoms with Crippen molar-refractivity contribution in [2.24, 2.45) is 0 Å². The van der Waals surface area contributed by atoms with E-state index in [-0.39, 0.29) is 0 Å². The first-order chi connectivity index (χ1) is 9.40. The first-order valence-electron chi connectivity index (χ1n) is 7.19. The van der Waals surface area contributed by atoms with Gasteiger partial charge in [0.2, 0.25) is 0 Å². The van der Waals surface area contributed by atoms with Crippen molar-refractivity contribution in [2.45, 2.75) is 38.1 Å². The minimum absolute atomic E-state index is 0.455. The molecule has 1 N–H and O–H groups in total. The molecule has 0 radical (unpaired) electrons. The van der Waals surface area contributed by atoms with Crippen molar-refractivity contribution in [2.75, 3.05) is 6.54 Å². The molecule has 1 aromatic heterocycles. The fourth-order valence-electron chi connectivity index (χ4n) is 3.28. The van der Waals surface area contributed by atoms with E-state index in [9.17, 15) is 0 Å². The molecular formula is C16H18N2S. The summed E-state index contributed by atoms with van der Waals surface area (Å²) in [5, 5.41) is 4.97. The smallest absolute Gasteiger partial charge is 0.0950 e. The number of benzene rings is 1. The number of thiazole rings is 1. The SMILES string of the molecule is c1ccc2c(c1)CCNC2Cc1nc2c(s1)CCC2. The summed E-state index contributed by atoms with van der Waals surface area (Å²) in [6.45, 7) is 1.09. The molecule has 0 fully saturated rings. The van der Waals surface area contributed by atoms with E-state index in [1.54, 1.807) is 4.88 Å². The molecule has 2 aliphatic rings. The van der Waals surface area contributed by atoms with E-state index in [2.05, 4.69) is 29.6 Å². The number of rotatable bonds is 2. The normalized spacial score (nSPS) is 21.2. The van der Waals surface area contributed by atoms with Crippen molar-refractivity contribution < 1.29 is 0 Å².